The van der Waals surface area contributed by atoms with Crippen molar-refractivity contribution in [2.45, 2.75) is 71.1 Å². The van der Waals surface area contributed by atoms with Crippen LogP contribution in [-0.4, -0.2) is 0 Å². The van der Waals surface area contributed by atoms with Crippen LogP contribution in [0.5, 0.6) is 0 Å². The lowest BCUT2D eigenvalue weighted by molar-refractivity contribution is 0.183. The summed E-state index contributed by atoms with van der Waals surface area (Å²) >= 11 is 0. The molecule has 0 spiro atoms. The molecule has 0 saturated heterocycles. The van der Waals surface area contributed by atoms with E-state index in [1.54, 1.807) is 32.1 Å². The van der Waals surface area contributed by atoms with Crippen molar-refractivity contribution < 1.29 is 0 Å². The molecular weight excluding hydrogens is 192 g/mol. The molecule has 4 unspecified atom stereocenters. The molecule has 0 nitrogen and oxygen atoms in total. The quantitative estimate of drug-likeness (QED) is 0.581. The van der Waals surface area contributed by atoms with E-state index in [1.165, 1.54) is 32.1 Å². The minimum Gasteiger partial charge on any atom is -0.0620 e. The Kier molecular flexibility index (Phi) is 3.27. The summed E-state index contributed by atoms with van der Waals surface area (Å²) in [4.78, 5) is 0. The zero-order valence-electron chi connectivity index (χ0n) is 11.0. The highest BCUT2D eigenvalue weighted by Gasteiger charge is 2.44. The molecule has 0 bridgehead atoms. The van der Waals surface area contributed by atoms with Crippen molar-refractivity contribution in [2.24, 2.45) is 29.6 Å². The molecule has 3 rings (SSSR count). The van der Waals surface area contributed by atoms with E-state index in [0.29, 0.717) is 0 Å². The lowest BCUT2D eigenvalue weighted by atomic mass is 9.74. The molecule has 0 aromatic carbocycles. The summed E-state index contributed by atoms with van der Waals surface area (Å²) in [5, 5.41) is 0. The van der Waals surface area contributed by atoms with Crippen molar-refractivity contribution in [1.29, 1.82) is 0 Å². The Bertz CT molecular complexity index is 226. The Hall–Kier alpha value is 0. The SMILES string of the molecule is CC1C2CCCCC2CC1C1CCCCC1. The van der Waals surface area contributed by atoms with Crippen LogP contribution in [0, 0.1) is 29.6 Å². The normalized spacial score (nSPS) is 45.6. The second-order valence-corrected chi connectivity index (χ2v) is 6.87. The van der Waals surface area contributed by atoms with Gasteiger partial charge in [-0.05, 0) is 42.4 Å². The van der Waals surface area contributed by atoms with E-state index >= 15 is 0 Å². The highest BCUT2D eigenvalue weighted by Crippen LogP contribution is 2.53. The summed E-state index contributed by atoms with van der Waals surface area (Å²) < 4.78 is 0. The Balaban J connectivity index is 1.67. The van der Waals surface area contributed by atoms with Crippen molar-refractivity contribution in [3.05, 3.63) is 0 Å². The lowest BCUT2D eigenvalue weighted by Crippen LogP contribution is -2.23. The average Bonchev–Trinajstić information content (AvgIpc) is 2.69. The number of hydrogen-bond acceptors (Lipinski definition) is 0. The monoisotopic (exact) mass is 220 g/mol. The Morgan fingerprint density at radius 3 is 2.00 bits per heavy atom. The van der Waals surface area contributed by atoms with Gasteiger partial charge in [0.2, 0.25) is 0 Å². The van der Waals surface area contributed by atoms with Crippen molar-refractivity contribution in [3.63, 3.8) is 0 Å². The first-order valence-corrected chi connectivity index (χ1v) is 7.86. The Morgan fingerprint density at radius 1 is 0.625 bits per heavy atom. The predicted molar refractivity (Wildman–Crippen MR) is 69.3 cm³/mol. The van der Waals surface area contributed by atoms with Crippen LogP contribution in [0.2, 0.25) is 0 Å². The van der Waals surface area contributed by atoms with Crippen LogP contribution in [0.25, 0.3) is 0 Å². The van der Waals surface area contributed by atoms with Gasteiger partial charge >= 0.3 is 0 Å². The Labute approximate surface area is 101 Å². The first kappa shape index (κ1) is 11.1. The zero-order chi connectivity index (χ0) is 11.0. The van der Waals surface area contributed by atoms with Crippen molar-refractivity contribution in [2.75, 3.05) is 0 Å². The summed E-state index contributed by atoms with van der Waals surface area (Å²) in [5.41, 5.74) is 0. The molecule has 4 atom stereocenters. The van der Waals surface area contributed by atoms with Crippen molar-refractivity contribution in [3.8, 4) is 0 Å². The molecule has 3 saturated carbocycles. The molecule has 0 aromatic rings. The number of rotatable bonds is 1. The minimum absolute atomic E-state index is 1.06. The largest absolute Gasteiger partial charge is 0.0620 e. The van der Waals surface area contributed by atoms with Crippen LogP contribution in [0.1, 0.15) is 71.1 Å². The van der Waals surface area contributed by atoms with Gasteiger partial charge in [0.25, 0.3) is 0 Å². The van der Waals surface area contributed by atoms with Crippen LogP contribution in [0.4, 0.5) is 0 Å². The maximum absolute atomic E-state index is 2.59. The topological polar surface area (TPSA) is 0 Å². The summed E-state index contributed by atoms with van der Waals surface area (Å²) in [7, 11) is 0. The molecule has 16 heavy (non-hydrogen) atoms. The van der Waals surface area contributed by atoms with Gasteiger partial charge in [0.05, 0.1) is 0 Å². The summed E-state index contributed by atoms with van der Waals surface area (Å²) in [6, 6.07) is 0. The fraction of sp³-hybridized carbons (Fsp3) is 1.00. The first-order valence-electron chi connectivity index (χ1n) is 7.86. The van der Waals surface area contributed by atoms with E-state index < -0.39 is 0 Å². The van der Waals surface area contributed by atoms with Crippen LogP contribution >= 0.6 is 0 Å². The highest BCUT2D eigenvalue weighted by atomic mass is 14.5. The zero-order valence-corrected chi connectivity index (χ0v) is 11.0. The second kappa shape index (κ2) is 4.70. The third-order valence-corrected chi connectivity index (χ3v) is 6.15. The Morgan fingerprint density at radius 2 is 1.25 bits per heavy atom. The van der Waals surface area contributed by atoms with Gasteiger partial charge < -0.3 is 0 Å². The number of hydrogen-bond donors (Lipinski definition) is 0. The second-order valence-electron chi connectivity index (χ2n) is 6.87. The third-order valence-electron chi connectivity index (χ3n) is 6.15. The van der Waals surface area contributed by atoms with Crippen LogP contribution in [-0.2, 0) is 0 Å². The summed E-state index contributed by atoms with van der Waals surface area (Å²) in [5.74, 6) is 5.56. The molecule has 92 valence electrons. The van der Waals surface area contributed by atoms with Gasteiger partial charge in [-0.1, -0.05) is 58.3 Å². The molecule has 3 fully saturated rings. The summed E-state index contributed by atoms with van der Waals surface area (Å²) in [6.07, 6.45) is 15.5. The highest BCUT2D eigenvalue weighted by molar-refractivity contribution is 4.93. The molecule has 0 N–H and O–H groups in total. The average molecular weight is 220 g/mol. The van der Waals surface area contributed by atoms with E-state index in [4.69, 9.17) is 0 Å². The smallest absolute Gasteiger partial charge is 0.0355 e. The van der Waals surface area contributed by atoms with Gasteiger partial charge in [0, 0.05) is 0 Å². The molecule has 0 heteroatoms. The molecule has 0 radical (unpaired) electrons. The van der Waals surface area contributed by atoms with Crippen molar-refractivity contribution in [1.82, 2.24) is 0 Å². The standard InChI is InChI=1S/C16H28/c1-12-15-10-6-5-9-14(15)11-16(12)13-7-3-2-4-8-13/h12-16H,2-11H2,1H3. The maximum Gasteiger partial charge on any atom is -0.0355 e. The van der Waals surface area contributed by atoms with Crippen LogP contribution < -0.4 is 0 Å². The number of fused-ring (bicyclic) bond motifs is 1. The maximum atomic E-state index is 2.59. The van der Waals surface area contributed by atoms with E-state index in [1.807, 2.05) is 0 Å². The predicted octanol–water partition coefficient (Wildman–Crippen LogP) is 5.03. The molecule has 0 amide bonds. The minimum atomic E-state index is 1.06. The van der Waals surface area contributed by atoms with Gasteiger partial charge in [0.15, 0.2) is 0 Å². The molecule has 0 heterocycles. The van der Waals surface area contributed by atoms with Gasteiger partial charge in [-0.3, -0.25) is 0 Å². The van der Waals surface area contributed by atoms with E-state index in [-0.39, 0.29) is 0 Å². The van der Waals surface area contributed by atoms with E-state index in [9.17, 15) is 0 Å². The van der Waals surface area contributed by atoms with Crippen LogP contribution in [0.3, 0.4) is 0 Å². The lowest BCUT2D eigenvalue weighted by Gasteiger charge is -2.32. The molecule has 3 aliphatic rings. The van der Waals surface area contributed by atoms with E-state index in [2.05, 4.69) is 6.92 Å². The van der Waals surface area contributed by atoms with E-state index in [0.717, 1.165) is 29.6 Å². The van der Waals surface area contributed by atoms with Crippen molar-refractivity contribution >= 4 is 0 Å². The third kappa shape index (κ3) is 1.93. The first-order chi connectivity index (χ1) is 7.86. The van der Waals surface area contributed by atoms with Gasteiger partial charge in [0.1, 0.15) is 0 Å². The van der Waals surface area contributed by atoms with Crippen LogP contribution in [0.15, 0.2) is 0 Å². The summed E-state index contributed by atoms with van der Waals surface area (Å²) in [6.45, 7) is 2.59. The molecule has 0 aliphatic heterocycles. The van der Waals surface area contributed by atoms with Gasteiger partial charge in [-0.15, -0.1) is 0 Å². The molecule has 3 aliphatic carbocycles. The van der Waals surface area contributed by atoms with Gasteiger partial charge in [-0.25, -0.2) is 0 Å². The molecular formula is C16H28. The molecule has 0 aromatic heterocycles. The fourth-order valence-electron chi connectivity index (χ4n) is 5.29. The fourth-order valence-corrected chi connectivity index (χ4v) is 5.29. The van der Waals surface area contributed by atoms with Gasteiger partial charge in [-0.2, -0.15) is 0 Å².